The van der Waals surface area contributed by atoms with Gasteiger partial charge >= 0.3 is 5.91 Å². The molecule has 3 atom stereocenters. The molecule has 0 aliphatic heterocycles. The van der Waals surface area contributed by atoms with E-state index in [-0.39, 0.29) is 17.8 Å². The second kappa shape index (κ2) is 11.4. The van der Waals surface area contributed by atoms with Crippen LogP contribution in [-0.2, 0) is 17.8 Å². The van der Waals surface area contributed by atoms with Crippen molar-refractivity contribution in [2.24, 2.45) is 5.73 Å². The Balaban J connectivity index is 1.56. The molecule has 2 heterocycles. The number of rotatable bonds is 10. The molecular formula is C26H26N6O4. The van der Waals surface area contributed by atoms with E-state index in [2.05, 4.69) is 15.4 Å². The van der Waals surface area contributed by atoms with Gasteiger partial charge in [0.25, 0.3) is 5.91 Å². The average Bonchev–Trinajstić information content (AvgIpc) is 3.39. The topological polar surface area (TPSA) is 151 Å². The summed E-state index contributed by atoms with van der Waals surface area (Å²) in [5.41, 5.74) is 7.59. The molecule has 2 aromatic carbocycles. The molecule has 0 spiro atoms. The number of para-hydroxylation sites is 1. The molecule has 2 aromatic heterocycles. The number of aliphatic hydroxyl groups is 1. The molecule has 0 fully saturated rings. The lowest BCUT2D eigenvalue weighted by atomic mass is 10.00. The smallest absolute Gasteiger partial charge is 0.348 e. The van der Waals surface area contributed by atoms with Crippen LogP contribution in [0.2, 0.25) is 0 Å². The predicted octanol–water partition coefficient (Wildman–Crippen LogP) is 0.860. The molecule has 3 unspecified atom stereocenters. The van der Waals surface area contributed by atoms with Crippen molar-refractivity contribution in [1.82, 2.24) is 14.8 Å². The zero-order valence-corrected chi connectivity index (χ0v) is 19.3. The van der Waals surface area contributed by atoms with Crippen molar-refractivity contribution in [2.75, 3.05) is 5.32 Å². The first-order chi connectivity index (χ1) is 17.4. The number of anilines is 1. The van der Waals surface area contributed by atoms with E-state index in [9.17, 15) is 19.9 Å². The highest BCUT2D eigenvalue weighted by atomic mass is 16.5. The van der Waals surface area contributed by atoms with Crippen LogP contribution in [0.1, 0.15) is 21.6 Å². The van der Waals surface area contributed by atoms with E-state index < -0.39 is 29.0 Å². The van der Waals surface area contributed by atoms with E-state index in [1.807, 2.05) is 30.3 Å². The Morgan fingerprint density at radius 2 is 1.72 bits per heavy atom. The van der Waals surface area contributed by atoms with Gasteiger partial charge in [0.2, 0.25) is 0 Å². The number of hydroxylamine groups is 2. The van der Waals surface area contributed by atoms with Crippen LogP contribution in [0, 0.1) is 5.21 Å². The van der Waals surface area contributed by atoms with Gasteiger partial charge in [0.15, 0.2) is 11.9 Å². The number of aromatic nitrogens is 3. The fourth-order valence-corrected chi connectivity index (χ4v) is 3.79. The zero-order valence-electron chi connectivity index (χ0n) is 19.3. The predicted molar refractivity (Wildman–Crippen MR) is 133 cm³/mol. The van der Waals surface area contributed by atoms with E-state index in [1.165, 1.54) is 23.0 Å². The maximum atomic E-state index is 13.3. The van der Waals surface area contributed by atoms with Gasteiger partial charge in [-0.2, -0.15) is 5.10 Å². The first-order valence-electron chi connectivity index (χ1n) is 11.3. The highest BCUT2D eigenvalue weighted by molar-refractivity contribution is 5.91. The number of amides is 2. The van der Waals surface area contributed by atoms with Crippen molar-refractivity contribution >= 4 is 17.5 Å². The average molecular weight is 487 g/mol. The lowest BCUT2D eigenvalue weighted by molar-refractivity contribution is -0.792. The Labute approximate surface area is 207 Å². The number of aliphatic hydroxyl groups excluding tert-OH is 1. The molecule has 10 heteroatoms. The van der Waals surface area contributed by atoms with Crippen molar-refractivity contribution in [2.45, 2.75) is 25.1 Å². The van der Waals surface area contributed by atoms with Crippen molar-refractivity contribution in [3.05, 3.63) is 113 Å². The number of pyridine rings is 1. The molecule has 0 saturated carbocycles. The zero-order chi connectivity index (χ0) is 25.5. The van der Waals surface area contributed by atoms with Gasteiger partial charge in [0, 0.05) is 24.5 Å². The standard InChI is InChI=1S/C26H26N6O4/c27-24(34)23(33)22(16-18-8-3-1-4-9-18)32(36)26(35)21-12-7-14-28-25(21)31-15-13-20(30-31)17-29-19-10-5-2-6-11-19/h1-15,22-23,29,32-33H,16-17H2,(H2,27,34). The summed E-state index contributed by atoms with van der Waals surface area (Å²) in [4.78, 5) is 29.3. The number of carbonyl (C=O) groups is 2. The van der Waals surface area contributed by atoms with Crippen LogP contribution in [-0.4, -0.2) is 43.8 Å². The SMILES string of the molecule is NC(=O)C(O)C(Cc1ccccc1)[NH+]([O-])C(=O)c1cccnc1-n1ccc(CNc2ccccc2)n1. The molecule has 36 heavy (non-hydrogen) atoms. The lowest BCUT2D eigenvalue weighted by Crippen LogP contribution is -3.16. The fraction of sp³-hybridized carbons (Fsp3) is 0.154. The second-order valence-electron chi connectivity index (χ2n) is 8.18. The maximum Gasteiger partial charge on any atom is 0.348 e. The highest BCUT2D eigenvalue weighted by Crippen LogP contribution is 2.13. The summed E-state index contributed by atoms with van der Waals surface area (Å²) < 4.78 is 1.42. The lowest BCUT2D eigenvalue weighted by Gasteiger charge is -2.31. The normalized spacial score (nSPS) is 13.5. The Bertz CT molecular complexity index is 1310. The second-order valence-corrected chi connectivity index (χ2v) is 8.18. The molecular weight excluding hydrogens is 460 g/mol. The van der Waals surface area contributed by atoms with Gasteiger partial charge in [-0.05, 0) is 35.9 Å². The van der Waals surface area contributed by atoms with E-state index >= 15 is 0 Å². The van der Waals surface area contributed by atoms with E-state index in [0.717, 1.165) is 5.69 Å². The summed E-state index contributed by atoms with van der Waals surface area (Å²) in [6.45, 7) is 0.440. The number of nitrogens with one attached hydrogen (secondary N) is 2. The molecule has 4 rings (SSSR count). The number of quaternary nitrogens is 1. The van der Waals surface area contributed by atoms with E-state index in [1.54, 1.807) is 42.6 Å². The van der Waals surface area contributed by atoms with Crippen LogP contribution >= 0.6 is 0 Å². The first-order valence-corrected chi connectivity index (χ1v) is 11.3. The molecule has 0 aliphatic carbocycles. The number of hydrogen-bond donors (Lipinski definition) is 4. The number of carbonyl (C=O) groups excluding carboxylic acids is 2. The quantitative estimate of drug-likeness (QED) is 0.243. The summed E-state index contributed by atoms with van der Waals surface area (Å²) in [5.74, 6) is -1.81. The largest absolute Gasteiger partial charge is 0.626 e. The van der Waals surface area contributed by atoms with Crippen molar-refractivity contribution in [3.8, 4) is 5.82 Å². The molecule has 10 nitrogen and oxygen atoms in total. The summed E-state index contributed by atoms with van der Waals surface area (Å²) >= 11 is 0. The molecule has 5 N–H and O–H groups in total. The van der Waals surface area contributed by atoms with Crippen LogP contribution in [0.4, 0.5) is 5.69 Å². The minimum absolute atomic E-state index is 0.00269. The Morgan fingerprint density at radius 3 is 2.42 bits per heavy atom. The van der Waals surface area contributed by atoms with Gasteiger partial charge in [-0.25, -0.2) is 14.5 Å². The van der Waals surface area contributed by atoms with Crippen LogP contribution in [0.5, 0.6) is 0 Å². The number of benzene rings is 2. The monoisotopic (exact) mass is 486 g/mol. The molecule has 4 aromatic rings. The van der Waals surface area contributed by atoms with Crippen molar-refractivity contribution in [3.63, 3.8) is 0 Å². The van der Waals surface area contributed by atoms with Crippen LogP contribution < -0.4 is 16.1 Å². The van der Waals surface area contributed by atoms with Crippen LogP contribution in [0.3, 0.4) is 0 Å². The fourth-order valence-electron chi connectivity index (χ4n) is 3.79. The molecule has 184 valence electrons. The Morgan fingerprint density at radius 1 is 1.03 bits per heavy atom. The number of primary amides is 1. The Hall–Kier alpha value is -4.38. The minimum atomic E-state index is -1.82. The number of nitrogens with two attached hydrogens (primary N) is 1. The van der Waals surface area contributed by atoms with E-state index in [4.69, 9.17) is 5.73 Å². The van der Waals surface area contributed by atoms with Gasteiger partial charge in [-0.1, -0.05) is 48.5 Å². The van der Waals surface area contributed by atoms with Crippen molar-refractivity contribution < 1.29 is 19.8 Å². The first kappa shape index (κ1) is 24.7. The molecule has 0 aliphatic rings. The molecule has 2 amide bonds. The third-order valence-electron chi connectivity index (χ3n) is 5.67. The third kappa shape index (κ3) is 5.81. The number of nitrogens with zero attached hydrogens (tertiary/aromatic N) is 3. The molecule has 0 saturated heterocycles. The summed E-state index contributed by atoms with van der Waals surface area (Å²) in [6, 6.07) is 21.9. The van der Waals surface area contributed by atoms with Crippen molar-refractivity contribution in [1.29, 1.82) is 0 Å². The van der Waals surface area contributed by atoms with Crippen LogP contribution in [0.25, 0.3) is 5.82 Å². The summed E-state index contributed by atoms with van der Waals surface area (Å²) in [7, 11) is 0. The molecule has 0 bridgehead atoms. The van der Waals surface area contributed by atoms with Gasteiger partial charge in [-0.3, -0.25) is 9.86 Å². The minimum Gasteiger partial charge on any atom is -0.626 e. The van der Waals surface area contributed by atoms with Crippen LogP contribution in [0.15, 0.2) is 91.3 Å². The summed E-state index contributed by atoms with van der Waals surface area (Å²) in [5, 5.41) is 30.4. The Kier molecular flexibility index (Phi) is 7.81. The van der Waals surface area contributed by atoms with Gasteiger partial charge in [-0.15, -0.1) is 0 Å². The van der Waals surface area contributed by atoms with Gasteiger partial charge in [0.1, 0.15) is 11.6 Å². The number of hydrogen-bond acceptors (Lipinski definition) is 7. The highest BCUT2D eigenvalue weighted by Gasteiger charge is 2.35. The van der Waals surface area contributed by atoms with E-state index in [0.29, 0.717) is 17.8 Å². The third-order valence-corrected chi connectivity index (χ3v) is 5.67. The van der Waals surface area contributed by atoms with Gasteiger partial charge in [0.05, 0.1) is 12.2 Å². The molecule has 0 radical (unpaired) electrons. The van der Waals surface area contributed by atoms with Gasteiger partial charge < -0.3 is 21.4 Å². The summed E-state index contributed by atoms with van der Waals surface area (Å²) in [6.07, 6.45) is 1.29. The maximum absolute atomic E-state index is 13.3.